The minimum atomic E-state index is -2.67. The van der Waals surface area contributed by atoms with Gasteiger partial charge < -0.3 is 38.5 Å². The number of hydrogen-bond acceptors (Lipinski definition) is 9. The molecule has 0 atom stereocenters. The molecule has 3 aliphatic heterocycles. The zero-order chi connectivity index (χ0) is 39.8. The van der Waals surface area contributed by atoms with E-state index in [1.54, 1.807) is 12.1 Å². The lowest BCUT2D eigenvalue weighted by Crippen LogP contribution is -2.50. The second kappa shape index (κ2) is 19.1. The number of nitrogens with zero attached hydrogens (tertiary/aromatic N) is 2. The summed E-state index contributed by atoms with van der Waals surface area (Å²) < 4.78 is 78.1. The van der Waals surface area contributed by atoms with E-state index in [1.165, 1.54) is 0 Å². The molecule has 56 heavy (non-hydrogen) atoms. The molecule has 0 unspecified atom stereocenters. The number of carbonyl (C=O) groups is 2. The first-order chi connectivity index (χ1) is 27.1. The third-order valence-corrected chi connectivity index (χ3v) is 14.4. The Bertz CT molecular complexity index is 1940. The van der Waals surface area contributed by atoms with Crippen LogP contribution in [0.15, 0.2) is 47.2 Å². The van der Waals surface area contributed by atoms with Crippen LogP contribution >= 0.6 is 11.6 Å². The first-order valence-electron chi connectivity index (χ1n) is 19.2. The number of halogens is 4. The summed E-state index contributed by atoms with van der Waals surface area (Å²) in [5.74, 6) is -8.46. The predicted octanol–water partition coefficient (Wildman–Crippen LogP) is 4.54. The van der Waals surface area contributed by atoms with Crippen LogP contribution in [-0.4, -0.2) is 122 Å². The van der Waals surface area contributed by atoms with Crippen LogP contribution in [0.1, 0.15) is 57.5 Å². The highest BCUT2D eigenvalue weighted by atomic mass is 35.5. The molecule has 302 valence electrons. The van der Waals surface area contributed by atoms with Crippen molar-refractivity contribution in [1.29, 1.82) is 0 Å². The number of allylic oxidation sites excluding steroid dienone is 5. The van der Waals surface area contributed by atoms with Crippen LogP contribution in [0.3, 0.4) is 0 Å². The molecule has 2 aromatic rings. The van der Waals surface area contributed by atoms with Gasteiger partial charge in [0.15, 0.2) is 30.4 Å². The van der Waals surface area contributed by atoms with Gasteiger partial charge in [0.25, 0.3) is 0 Å². The number of alkyl halides is 1. The number of hydrogen-bond donors (Lipinski definition) is 0. The summed E-state index contributed by atoms with van der Waals surface area (Å²) >= 11 is 5.69. The summed E-state index contributed by atoms with van der Waals surface area (Å²) in [4.78, 5) is 28.2. The number of fused-ring (bicyclic) bond motifs is 2. The highest BCUT2D eigenvalue weighted by Gasteiger charge is 2.43. The van der Waals surface area contributed by atoms with Gasteiger partial charge in [-0.3, -0.25) is 0 Å². The van der Waals surface area contributed by atoms with E-state index < -0.39 is 60.8 Å². The van der Waals surface area contributed by atoms with Gasteiger partial charge in [-0.1, -0.05) is 32.0 Å². The molecule has 3 heterocycles. The van der Waals surface area contributed by atoms with Crippen molar-refractivity contribution in [2.24, 2.45) is 0 Å². The third kappa shape index (κ3) is 9.00. The summed E-state index contributed by atoms with van der Waals surface area (Å²) in [5, 5.41) is 14.3. The van der Waals surface area contributed by atoms with Crippen molar-refractivity contribution in [1.82, 2.24) is 0 Å². The molecule has 2 fully saturated rings. The first kappa shape index (κ1) is 41.8. The summed E-state index contributed by atoms with van der Waals surface area (Å²) in [6.45, 7) is 9.65. The van der Waals surface area contributed by atoms with E-state index in [1.807, 2.05) is 24.3 Å². The van der Waals surface area contributed by atoms with E-state index in [2.05, 4.69) is 22.6 Å². The van der Waals surface area contributed by atoms with Crippen LogP contribution in [-0.2, 0) is 23.7 Å². The Kier molecular flexibility index (Phi) is 14.3. The summed E-state index contributed by atoms with van der Waals surface area (Å²) in [6.07, 6.45) is 9.53. The van der Waals surface area contributed by atoms with Gasteiger partial charge in [-0.15, -0.1) is 11.6 Å². The topological polar surface area (TPSA) is 110 Å². The molecular weight excluding hydrogens is 769 g/mol. The van der Waals surface area contributed by atoms with Crippen molar-refractivity contribution in [2.75, 3.05) is 96.4 Å². The summed E-state index contributed by atoms with van der Waals surface area (Å²) in [5.41, 5.74) is -0.684. The van der Waals surface area contributed by atoms with E-state index >= 15 is 13.2 Å². The van der Waals surface area contributed by atoms with Crippen LogP contribution in [0.25, 0.3) is 5.57 Å². The van der Waals surface area contributed by atoms with Crippen LogP contribution < -0.4 is 15.2 Å². The number of rotatable bonds is 16. The van der Waals surface area contributed by atoms with E-state index in [0.29, 0.717) is 82.8 Å². The van der Waals surface area contributed by atoms with Gasteiger partial charge in [0, 0.05) is 54.5 Å². The Morgan fingerprint density at radius 2 is 1.52 bits per heavy atom. The lowest BCUT2D eigenvalue weighted by molar-refractivity contribution is -0.547. The third-order valence-electron chi connectivity index (χ3n) is 10.6. The van der Waals surface area contributed by atoms with E-state index in [4.69, 9.17) is 35.3 Å². The number of carbonyl (C=O) groups excluding carboxylic acids is 2. The molecule has 0 bridgehead atoms. The van der Waals surface area contributed by atoms with Crippen molar-refractivity contribution in [2.45, 2.75) is 38.8 Å². The van der Waals surface area contributed by atoms with Gasteiger partial charge in [-0.05, 0) is 58.1 Å². The molecule has 0 radical (unpaired) electrons. The number of esters is 1. The molecule has 0 saturated carbocycles. The number of carboxylic acids is 1. The minimum Gasteiger partial charge on any atom is -0.545 e. The molecule has 4 aliphatic rings. The number of aromatic carboxylic acids is 1. The van der Waals surface area contributed by atoms with Crippen molar-refractivity contribution >= 4 is 53.8 Å². The molecule has 2 saturated heterocycles. The number of unbranched alkanes of at least 4 members (excludes halogenated alkanes) is 3. The molecule has 0 spiro atoms. The number of benzene rings is 2. The molecule has 0 N–H and O–H groups in total. The van der Waals surface area contributed by atoms with Gasteiger partial charge >= 0.3 is 5.97 Å². The van der Waals surface area contributed by atoms with Crippen LogP contribution in [0, 0.1) is 17.5 Å². The largest absolute Gasteiger partial charge is 0.545 e. The number of morpholine rings is 2. The Balaban J connectivity index is 1.36. The van der Waals surface area contributed by atoms with Crippen molar-refractivity contribution in [3.8, 4) is 0 Å². The Labute approximate surface area is 331 Å². The maximum Gasteiger partial charge on any atom is 0.344 e. The molecule has 2 aromatic carbocycles. The van der Waals surface area contributed by atoms with Crippen molar-refractivity contribution in [3.63, 3.8) is 0 Å². The Morgan fingerprint density at radius 3 is 2.23 bits per heavy atom. The summed E-state index contributed by atoms with van der Waals surface area (Å²) in [6, 6.07) is 5.64. The van der Waals surface area contributed by atoms with Crippen molar-refractivity contribution < 1.29 is 56.1 Å². The number of ether oxygens (including phenoxy) is 5. The van der Waals surface area contributed by atoms with Crippen molar-refractivity contribution in [3.05, 3.63) is 86.9 Å². The van der Waals surface area contributed by atoms with E-state index in [0.717, 1.165) is 47.5 Å². The highest BCUT2D eigenvalue weighted by molar-refractivity contribution is 6.98. The van der Waals surface area contributed by atoms with Gasteiger partial charge in [0.2, 0.25) is 0 Å². The molecule has 0 aromatic heterocycles. The minimum absolute atomic E-state index is 0.0240. The summed E-state index contributed by atoms with van der Waals surface area (Å²) in [7, 11) is -2.67. The lowest BCUT2D eigenvalue weighted by atomic mass is 9.85. The Morgan fingerprint density at radius 1 is 0.857 bits per heavy atom. The lowest BCUT2D eigenvalue weighted by Gasteiger charge is -2.39. The first-order valence-corrected chi connectivity index (χ1v) is 22.7. The zero-order valence-corrected chi connectivity index (χ0v) is 33.6. The van der Waals surface area contributed by atoms with Gasteiger partial charge in [0.05, 0.1) is 39.0 Å². The van der Waals surface area contributed by atoms with Crippen LogP contribution in [0.4, 0.5) is 18.9 Å². The smallest absolute Gasteiger partial charge is 0.344 e. The fourth-order valence-corrected chi connectivity index (χ4v) is 10.9. The second-order valence-electron chi connectivity index (χ2n) is 14.5. The molecule has 15 heteroatoms. The molecule has 10 nitrogen and oxygen atoms in total. The maximum absolute atomic E-state index is 17.0. The second-order valence-corrected chi connectivity index (χ2v) is 19.2. The standard InChI is InChI=1S/C41H48ClF3N2O8Si/c1-56(2)31-25-27(46-12-17-52-18-13-46)7-9-29(31)33(30-10-8-28(26-32(30)56)47-14-19-53-20-15-47)34-35(40(48)49)38(44)39(45)36(37(34)43)41(50)55-24-23-54-22-21-51-16-6-4-3-5-11-42/h7-10,25-26H,3-6,11-24H2,1-2H3. The maximum atomic E-state index is 17.0. The normalized spacial score (nSPS) is 17.8. The fourth-order valence-electron chi connectivity index (χ4n) is 7.64. The quantitative estimate of drug-likeness (QED) is 0.0603. The van der Waals surface area contributed by atoms with Gasteiger partial charge in [-0.2, -0.15) is 0 Å². The zero-order valence-electron chi connectivity index (χ0n) is 31.9. The van der Waals surface area contributed by atoms with Crippen LogP contribution in [0.5, 0.6) is 0 Å². The molecule has 6 rings (SSSR count). The number of carboxylic acid groups (broad SMARTS) is 1. The van der Waals surface area contributed by atoms with E-state index in [9.17, 15) is 14.7 Å². The predicted molar refractivity (Wildman–Crippen MR) is 207 cm³/mol. The highest BCUT2D eigenvalue weighted by Crippen LogP contribution is 2.45. The monoisotopic (exact) mass is 816 g/mol. The fraction of sp³-hybridized carbons (Fsp3) is 0.488. The molecule has 0 amide bonds. The SMILES string of the molecule is C[Si]1(C)C2=CC(=[N+]3CCOCC3)C=CC2=C(c2c(F)c(C(=O)OCCOCCOCCCCCCCl)c(F)c(F)c2C(=O)[O-])c2ccc(N3CCOCC3)cc21. The average molecular weight is 817 g/mol. The number of anilines is 1. The molecular formula is C41H48ClF3N2O8Si. The van der Waals surface area contributed by atoms with Crippen LogP contribution in [0.2, 0.25) is 13.1 Å². The van der Waals surface area contributed by atoms with Gasteiger partial charge in [0.1, 0.15) is 39.3 Å². The Hall–Kier alpha value is -3.79. The molecule has 1 aliphatic carbocycles. The average Bonchev–Trinajstić information content (AvgIpc) is 3.20. The van der Waals surface area contributed by atoms with E-state index in [-0.39, 0.29) is 18.8 Å². The van der Waals surface area contributed by atoms with Gasteiger partial charge in [-0.25, -0.2) is 22.5 Å².